The number of rotatable bonds is 26. The van der Waals surface area contributed by atoms with Crippen molar-refractivity contribution in [3.8, 4) is 0 Å². The molecule has 0 radical (unpaired) electrons. The molecule has 2 rings (SSSR count). The van der Waals surface area contributed by atoms with E-state index in [1.54, 1.807) is 6.08 Å². The Bertz CT molecular complexity index is 726. The summed E-state index contributed by atoms with van der Waals surface area (Å²) in [7, 11) is 0. The SMILES string of the molecule is CCCCCCCCCCCCCC[C@@H](O)[C@H](O)CC[C@H](O)[C@@H]1CCC(CCCCCC(O)CC2=CC(C)OC2=O)O1. The molecule has 0 aliphatic carbocycles. The molecule has 2 aliphatic heterocycles. The Kier molecular flexibility index (Phi) is 19.9. The second kappa shape index (κ2) is 22.5. The van der Waals surface area contributed by atoms with Gasteiger partial charge in [-0.2, -0.15) is 0 Å². The van der Waals surface area contributed by atoms with Crippen LogP contribution in [-0.2, 0) is 14.3 Å². The highest BCUT2D eigenvalue weighted by Gasteiger charge is 2.31. The van der Waals surface area contributed by atoms with Crippen LogP contribution in [-0.4, -0.2) is 69.1 Å². The minimum absolute atomic E-state index is 0.149. The van der Waals surface area contributed by atoms with Crippen molar-refractivity contribution in [2.45, 2.75) is 204 Å². The number of ether oxygens (including phenoxy) is 2. The summed E-state index contributed by atoms with van der Waals surface area (Å²) in [4.78, 5) is 11.7. The van der Waals surface area contributed by atoms with E-state index in [2.05, 4.69) is 6.92 Å². The zero-order chi connectivity index (χ0) is 30.6. The molecular formula is C35H64O7. The van der Waals surface area contributed by atoms with E-state index in [9.17, 15) is 25.2 Å². The van der Waals surface area contributed by atoms with Crippen LogP contribution in [0, 0.1) is 0 Å². The first-order valence-electron chi connectivity index (χ1n) is 17.6. The van der Waals surface area contributed by atoms with Gasteiger partial charge in [0.1, 0.15) is 6.10 Å². The number of aliphatic hydroxyl groups is 4. The van der Waals surface area contributed by atoms with Gasteiger partial charge in [-0.15, -0.1) is 0 Å². The molecule has 0 aromatic rings. The van der Waals surface area contributed by atoms with E-state index in [1.165, 1.54) is 64.2 Å². The third-order valence-electron chi connectivity index (χ3n) is 9.14. The molecule has 0 aromatic heterocycles. The normalized spacial score (nSPS) is 23.5. The van der Waals surface area contributed by atoms with Crippen LogP contribution in [0.1, 0.15) is 162 Å². The molecule has 2 aliphatic rings. The number of hydrogen-bond acceptors (Lipinski definition) is 7. The Morgan fingerprint density at radius 2 is 1.31 bits per heavy atom. The quantitative estimate of drug-likeness (QED) is 0.0624. The van der Waals surface area contributed by atoms with Crippen LogP contribution >= 0.6 is 0 Å². The summed E-state index contributed by atoms with van der Waals surface area (Å²) in [5, 5.41) is 41.6. The average molecular weight is 597 g/mol. The van der Waals surface area contributed by atoms with Crippen LogP contribution in [0.15, 0.2) is 11.6 Å². The van der Waals surface area contributed by atoms with Crippen molar-refractivity contribution in [2.75, 3.05) is 0 Å². The summed E-state index contributed by atoms with van der Waals surface area (Å²) in [5.74, 6) is -0.308. The largest absolute Gasteiger partial charge is 0.455 e. The molecule has 0 bridgehead atoms. The van der Waals surface area contributed by atoms with Crippen molar-refractivity contribution < 1.29 is 34.7 Å². The van der Waals surface area contributed by atoms with Crippen molar-refractivity contribution in [1.29, 1.82) is 0 Å². The van der Waals surface area contributed by atoms with E-state index in [1.807, 2.05) is 6.92 Å². The highest BCUT2D eigenvalue weighted by Crippen LogP contribution is 2.28. The van der Waals surface area contributed by atoms with Crippen molar-refractivity contribution in [2.24, 2.45) is 0 Å². The van der Waals surface area contributed by atoms with Gasteiger partial charge in [-0.1, -0.05) is 103 Å². The predicted molar refractivity (Wildman–Crippen MR) is 168 cm³/mol. The molecule has 7 atom stereocenters. The third-order valence-corrected chi connectivity index (χ3v) is 9.14. The Labute approximate surface area is 256 Å². The monoisotopic (exact) mass is 596 g/mol. The molecule has 0 spiro atoms. The first-order chi connectivity index (χ1) is 20.3. The van der Waals surface area contributed by atoms with Crippen LogP contribution in [0.3, 0.4) is 0 Å². The highest BCUT2D eigenvalue weighted by atomic mass is 16.5. The van der Waals surface area contributed by atoms with E-state index < -0.39 is 24.4 Å². The van der Waals surface area contributed by atoms with Crippen molar-refractivity contribution in [3.63, 3.8) is 0 Å². The lowest BCUT2D eigenvalue weighted by Gasteiger charge is -2.22. The fraction of sp³-hybridized carbons (Fsp3) is 0.914. The first-order valence-corrected chi connectivity index (χ1v) is 17.6. The second-order valence-electron chi connectivity index (χ2n) is 13.1. The predicted octanol–water partition coefficient (Wildman–Crippen LogP) is 7.06. The number of esters is 1. The van der Waals surface area contributed by atoms with Gasteiger partial charge >= 0.3 is 5.97 Å². The molecule has 7 heteroatoms. The third kappa shape index (κ3) is 16.2. The van der Waals surface area contributed by atoms with Crippen molar-refractivity contribution in [3.05, 3.63) is 11.6 Å². The minimum Gasteiger partial charge on any atom is -0.455 e. The van der Waals surface area contributed by atoms with E-state index in [4.69, 9.17) is 9.47 Å². The fourth-order valence-corrected chi connectivity index (χ4v) is 6.40. The fourth-order valence-electron chi connectivity index (χ4n) is 6.40. The van der Waals surface area contributed by atoms with Gasteiger partial charge in [0.25, 0.3) is 0 Å². The minimum atomic E-state index is -0.793. The van der Waals surface area contributed by atoms with Crippen LogP contribution < -0.4 is 0 Å². The molecule has 2 heterocycles. The smallest absolute Gasteiger partial charge is 0.334 e. The lowest BCUT2D eigenvalue weighted by Crippen LogP contribution is -2.31. The summed E-state index contributed by atoms with van der Waals surface area (Å²) in [5.41, 5.74) is 0.584. The molecule has 1 fully saturated rings. The van der Waals surface area contributed by atoms with Gasteiger partial charge in [0.15, 0.2) is 0 Å². The van der Waals surface area contributed by atoms with E-state index in [-0.39, 0.29) is 24.3 Å². The molecule has 0 amide bonds. The summed E-state index contributed by atoms with van der Waals surface area (Å²) >= 11 is 0. The zero-order valence-electron chi connectivity index (χ0n) is 26.9. The van der Waals surface area contributed by atoms with Crippen LogP contribution in [0.4, 0.5) is 0 Å². The van der Waals surface area contributed by atoms with E-state index in [0.717, 1.165) is 51.4 Å². The number of carbonyl (C=O) groups is 1. The zero-order valence-corrected chi connectivity index (χ0v) is 26.9. The van der Waals surface area contributed by atoms with Crippen LogP contribution in [0.5, 0.6) is 0 Å². The van der Waals surface area contributed by atoms with Gasteiger partial charge in [0, 0.05) is 12.0 Å². The maximum Gasteiger partial charge on any atom is 0.334 e. The summed E-state index contributed by atoms with van der Waals surface area (Å²) in [6.45, 7) is 4.08. The summed E-state index contributed by atoms with van der Waals surface area (Å²) in [6, 6.07) is 0. The second-order valence-corrected chi connectivity index (χ2v) is 13.1. The highest BCUT2D eigenvalue weighted by molar-refractivity contribution is 5.90. The Morgan fingerprint density at radius 1 is 0.738 bits per heavy atom. The first kappa shape index (κ1) is 37.2. The van der Waals surface area contributed by atoms with Gasteiger partial charge in [0.05, 0.1) is 36.6 Å². The van der Waals surface area contributed by atoms with Gasteiger partial charge in [-0.05, 0) is 57.9 Å². The van der Waals surface area contributed by atoms with Gasteiger partial charge in [0.2, 0.25) is 0 Å². The van der Waals surface area contributed by atoms with Gasteiger partial charge < -0.3 is 29.9 Å². The van der Waals surface area contributed by atoms with Crippen LogP contribution in [0.25, 0.3) is 0 Å². The van der Waals surface area contributed by atoms with E-state index >= 15 is 0 Å². The maximum absolute atomic E-state index is 11.7. The standard InChI is InChI=1S/C35H64O7/c1-3-4-5-6-7-8-9-10-11-12-13-17-20-31(37)32(38)22-23-33(39)34-24-21-30(42-34)19-16-14-15-18-29(36)26-28-25-27(2)41-35(28)40/h25,27,29-34,36-39H,3-24,26H2,1-2H3/t27?,29?,30?,31-,32-,33+,34+/m1/s1. The maximum atomic E-state index is 11.7. The van der Waals surface area contributed by atoms with Gasteiger partial charge in [-0.3, -0.25) is 0 Å². The number of unbranched alkanes of at least 4 members (excludes halogenated alkanes) is 13. The number of cyclic esters (lactones) is 1. The summed E-state index contributed by atoms with van der Waals surface area (Å²) < 4.78 is 11.2. The molecule has 7 nitrogen and oxygen atoms in total. The lowest BCUT2D eigenvalue weighted by atomic mass is 9.97. The Morgan fingerprint density at radius 3 is 1.93 bits per heavy atom. The molecule has 3 unspecified atom stereocenters. The molecular weight excluding hydrogens is 532 g/mol. The summed E-state index contributed by atoms with van der Waals surface area (Å²) in [6.07, 6.45) is 22.3. The molecule has 4 N–H and O–H groups in total. The molecule has 0 aromatic carbocycles. The van der Waals surface area contributed by atoms with Gasteiger partial charge in [-0.25, -0.2) is 4.79 Å². The number of carbonyl (C=O) groups excluding carboxylic acids is 1. The topological polar surface area (TPSA) is 116 Å². The molecule has 1 saturated heterocycles. The van der Waals surface area contributed by atoms with Crippen LogP contribution in [0.2, 0.25) is 0 Å². The molecule has 0 saturated carbocycles. The average Bonchev–Trinajstić information content (AvgIpc) is 3.57. The lowest BCUT2D eigenvalue weighted by molar-refractivity contribution is -0.139. The Balaban J connectivity index is 1.43. The van der Waals surface area contributed by atoms with E-state index in [0.29, 0.717) is 37.7 Å². The molecule has 42 heavy (non-hydrogen) atoms. The number of aliphatic hydroxyl groups excluding tert-OH is 4. The number of hydrogen-bond donors (Lipinski definition) is 4. The van der Waals surface area contributed by atoms with Crippen molar-refractivity contribution >= 4 is 5.97 Å². The molecule has 246 valence electrons. The Hall–Kier alpha value is -0.990. The van der Waals surface area contributed by atoms with Crippen molar-refractivity contribution in [1.82, 2.24) is 0 Å².